The number of aliphatic hydroxyl groups excluding tert-OH is 1. The van der Waals surface area contributed by atoms with Crippen LogP contribution in [0.1, 0.15) is 155 Å². The molecule has 2 fully saturated rings. The molecule has 2 saturated heterocycles. The van der Waals surface area contributed by atoms with Gasteiger partial charge in [0.15, 0.2) is 12.2 Å². The molecule has 5 atom stereocenters. The number of benzene rings is 2. The van der Waals surface area contributed by atoms with E-state index in [1.807, 2.05) is 30.3 Å². The highest BCUT2D eigenvalue weighted by Crippen LogP contribution is 2.57. The third-order valence-corrected chi connectivity index (χ3v) is 37.7. The first-order chi connectivity index (χ1) is 30.7. The Labute approximate surface area is 404 Å². The summed E-state index contributed by atoms with van der Waals surface area (Å²) in [7, 11) is -11.4. The van der Waals surface area contributed by atoms with Crippen LogP contribution in [-0.2, 0) is 44.4 Å². The minimum Gasteiger partial charge on any atom is -0.543 e. The maximum atomic E-state index is 14.2. The summed E-state index contributed by atoms with van der Waals surface area (Å²) in [6.45, 7) is 44.9. The molecule has 0 unspecified atom stereocenters. The van der Waals surface area contributed by atoms with Crippen LogP contribution < -0.4 is 8.85 Å². The average Bonchev–Trinajstić information content (AvgIpc) is 3.58. The second kappa shape index (κ2) is 21.1. The van der Waals surface area contributed by atoms with E-state index < -0.39 is 69.9 Å². The number of aliphatic hydroxyl groups is 1. The van der Waals surface area contributed by atoms with Crippen LogP contribution in [0.25, 0.3) is 6.08 Å². The van der Waals surface area contributed by atoms with Crippen LogP contribution in [0.2, 0.25) is 55.4 Å². The molecule has 3 heterocycles. The van der Waals surface area contributed by atoms with Gasteiger partial charge in [0.25, 0.3) is 16.6 Å². The average molecular weight is 986 g/mol. The van der Waals surface area contributed by atoms with E-state index in [4.69, 9.17) is 36.0 Å². The van der Waals surface area contributed by atoms with Gasteiger partial charge in [-0.3, -0.25) is 0 Å². The van der Waals surface area contributed by atoms with Crippen LogP contribution in [0.15, 0.2) is 48.5 Å². The van der Waals surface area contributed by atoms with Crippen LogP contribution >= 0.6 is 0 Å². The Morgan fingerprint density at radius 2 is 1.21 bits per heavy atom. The van der Waals surface area contributed by atoms with Crippen LogP contribution in [0.3, 0.4) is 0 Å². The number of esters is 1. The van der Waals surface area contributed by atoms with E-state index in [1.165, 1.54) is 6.08 Å². The lowest BCUT2D eigenvalue weighted by molar-refractivity contribution is -0.368. The molecule has 3 aliphatic rings. The molecule has 1 N–H and O–H groups in total. The largest absolute Gasteiger partial charge is 0.543 e. The molecule has 0 aromatic heterocycles. The maximum Gasteiger partial charge on any atom is 0.335 e. The predicted octanol–water partition coefficient (Wildman–Crippen LogP) is 13.8. The van der Waals surface area contributed by atoms with E-state index in [2.05, 4.69) is 151 Å². The van der Waals surface area contributed by atoms with Crippen molar-refractivity contribution in [3.05, 3.63) is 65.2 Å². The fraction of sp³-hybridized carbons (Fsp3) is 0.712. The van der Waals surface area contributed by atoms with Crippen LogP contribution in [0.5, 0.6) is 11.5 Å². The SMILES string of the molecule is CC(C)[Si]1(C(C)C)OC[C@H]2O[C@]3(OCc4cc(O[Si](C(C)C)(C(C)C)C(C)C)cc(O[Si](C(C)C)(C(C)C)C(C)C)c43)[C@H](O)[C@@H](OC(=O)/C=C/c3ccccc3)[C@@H]2O[Si](C(C)C)(C(C)C)O1. The second-order valence-corrected chi connectivity index (χ2v) is 42.2. The number of carbonyl (C=O) groups is 1. The Balaban J connectivity index is 1.81. The highest BCUT2D eigenvalue weighted by Gasteiger charge is 2.67. The molecule has 66 heavy (non-hydrogen) atoms. The molecular weight excluding hydrogens is 897 g/mol. The van der Waals surface area contributed by atoms with Crippen LogP contribution in [0, 0.1) is 0 Å². The maximum absolute atomic E-state index is 14.2. The van der Waals surface area contributed by atoms with E-state index in [-0.39, 0.29) is 52.0 Å². The van der Waals surface area contributed by atoms with E-state index in [1.54, 1.807) is 6.08 Å². The van der Waals surface area contributed by atoms with E-state index in [0.29, 0.717) is 27.9 Å². The number of fused-ring (bicyclic) bond motifs is 3. The third-order valence-electron chi connectivity index (χ3n) is 15.5. The van der Waals surface area contributed by atoms with Gasteiger partial charge < -0.3 is 41.1 Å². The van der Waals surface area contributed by atoms with Crippen LogP contribution in [0.4, 0.5) is 0 Å². The molecule has 0 aliphatic carbocycles. The first kappa shape index (κ1) is 54.8. The molecular formula is C52H88O10Si4. The van der Waals surface area contributed by atoms with Gasteiger partial charge in [-0.2, -0.15) is 0 Å². The topological polar surface area (TPSA) is 111 Å². The molecule has 372 valence electrons. The summed E-state index contributed by atoms with van der Waals surface area (Å²) in [6, 6.07) is 13.7. The van der Waals surface area contributed by atoms with Gasteiger partial charge in [-0.05, 0) is 78.7 Å². The smallest absolute Gasteiger partial charge is 0.335 e. The summed E-state index contributed by atoms with van der Waals surface area (Å²) in [5, 5.41) is 13.3. The molecule has 2 aromatic rings. The van der Waals surface area contributed by atoms with Gasteiger partial charge in [0, 0.05) is 12.1 Å². The Hall–Kier alpha value is -2.12. The minimum absolute atomic E-state index is 0.0205. The normalized spacial score (nSPS) is 24.8. The zero-order chi connectivity index (χ0) is 49.5. The minimum atomic E-state index is -3.28. The van der Waals surface area contributed by atoms with Gasteiger partial charge >= 0.3 is 23.1 Å². The number of ether oxygens (including phenoxy) is 3. The zero-order valence-electron chi connectivity index (χ0n) is 44.3. The molecule has 0 bridgehead atoms. The van der Waals surface area contributed by atoms with Crippen molar-refractivity contribution in [1.82, 2.24) is 0 Å². The number of hydrogen-bond acceptors (Lipinski definition) is 10. The van der Waals surface area contributed by atoms with Crippen molar-refractivity contribution >= 4 is 45.8 Å². The molecule has 10 nitrogen and oxygen atoms in total. The standard InChI is InChI=1S/C52H88O10Si4/c1-32(2)63(33(3)4,34(5)6)59-44-28-43-30-55-52(48(43)45(29-44)60-64(35(7)8,36(9)10)37(11)12)51(54)50(57-47(53)27-26-42-24-22-21-23-25-42)49-46(58-52)31-56-65(38(13)14,39(15)16)62-66(61-49,40(17)18)41(19)20/h21-29,32-41,46,49-51,54H,30-31H2,1-20H3/b27-26+/t46-,49-,50+,51-,52+/m1/s1. The highest BCUT2D eigenvalue weighted by atomic mass is 28.5. The first-order valence-corrected chi connectivity index (χ1v) is 33.4. The van der Waals surface area contributed by atoms with Crippen molar-refractivity contribution < 1.29 is 45.9 Å². The Bertz CT molecular complexity index is 1910. The third kappa shape index (κ3) is 9.81. The molecule has 0 saturated carbocycles. The van der Waals surface area contributed by atoms with Gasteiger partial charge in [0.2, 0.25) is 5.79 Å². The molecule has 14 heteroatoms. The molecule has 5 rings (SSSR count). The summed E-state index contributed by atoms with van der Waals surface area (Å²) in [5.74, 6) is -1.11. The Kier molecular flexibility index (Phi) is 17.5. The van der Waals surface area contributed by atoms with Gasteiger partial charge in [-0.1, -0.05) is 169 Å². The van der Waals surface area contributed by atoms with Gasteiger partial charge in [-0.25, -0.2) is 4.79 Å². The molecule has 2 aromatic carbocycles. The van der Waals surface area contributed by atoms with Crippen molar-refractivity contribution in [2.45, 2.75) is 231 Å². The molecule has 0 amide bonds. The molecule has 0 radical (unpaired) electrons. The van der Waals surface area contributed by atoms with Crippen molar-refractivity contribution in [2.24, 2.45) is 0 Å². The number of rotatable bonds is 17. The van der Waals surface area contributed by atoms with E-state index in [9.17, 15) is 9.90 Å². The van der Waals surface area contributed by atoms with Crippen molar-refractivity contribution in [2.75, 3.05) is 6.61 Å². The highest BCUT2D eigenvalue weighted by molar-refractivity contribution is 6.84. The Morgan fingerprint density at radius 3 is 1.70 bits per heavy atom. The Morgan fingerprint density at radius 1 is 0.712 bits per heavy atom. The van der Waals surface area contributed by atoms with Crippen LogP contribution in [-0.4, -0.2) is 75.9 Å². The fourth-order valence-corrected chi connectivity index (χ4v) is 34.1. The van der Waals surface area contributed by atoms with Crippen molar-refractivity contribution in [1.29, 1.82) is 0 Å². The van der Waals surface area contributed by atoms with Gasteiger partial charge in [-0.15, -0.1) is 0 Å². The summed E-state index contributed by atoms with van der Waals surface area (Å²) in [5.41, 5.74) is 4.11. The summed E-state index contributed by atoms with van der Waals surface area (Å²) in [6.07, 6.45) is -1.45. The lowest BCUT2D eigenvalue weighted by atomic mass is 9.87. The number of hydrogen-bond donors (Lipinski definition) is 1. The van der Waals surface area contributed by atoms with E-state index >= 15 is 0 Å². The summed E-state index contributed by atoms with van der Waals surface area (Å²) >= 11 is 0. The monoisotopic (exact) mass is 985 g/mol. The quantitative estimate of drug-likeness (QED) is 0.0934. The number of carbonyl (C=O) groups excluding carboxylic acids is 1. The van der Waals surface area contributed by atoms with E-state index in [0.717, 1.165) is 16.9 Å². The summed E-state index contributed by atoms with van der Waals surface area (Å²) in [4.78, 5) is 14.2. The van der Waals surface area contributed by atoms with Crippen molar-refractivity contribution in [3.63, 3.8) is 0 Å². The molecule has 3 aliphatic heterocycles. The summed E-state index contributed by atoms with van der Waals surface area (Å²) < 4.78 is 58.4. The fourth-order valence-electron chi connectivity index (χ4n) is 12.4. The van der Waals surface area contributed by atoms with Gasteiger partial charge in [0.1, 0.15) is 23.7 Å². The first-order valence-electron chi connectivity index (χ1n) is 25.2. The van der Waals surface area contributed by atoms with Crippen molar-refractivity contribution in [3.8, 4) is 11.5 Å². The molecule has 1 spiro atoms. The predicted molar refractivity (Wildman–Crippen MR) is 276 cm³/mol. The zero-order valence-corrected chi connectivity index (χ0v) is 48.3. The lowest BCUT2D eigenvalue weighted by Gasteiger charge is -2.56. The lowest BCUT2D eigenvalue weighted by Crippen LogP contribution is -2.72. The second-order valence-electron chi connectivity index (χ2n) is 22.6. The van der Waals surface area contributed by atoms with Gasteiger partial charge in [0.05, 0.1) is 18.8 Å².